The Morgan fingerprint density at radius 1 is 1.21 bits per heavy atom. The maximum Gasteiger partial charge on any atom is 0.357 e. The summed E-state index contributed by atoms with van der Waals surface area (Å²) >= 11 is 0. The van der Waals surface area contributed by atoms with Gasteiger partial charge in [-0.25, -0.2) is 9.78 Å². The molecule has 0 fully saturated rings. The minimum Gasteiger partial charge on any atom is -0.476 e. The van der Waals surface area contributed by atoms with Crippen LogP contribution in [0.2, 0.25) is 0 Å². The molecule has 0 amide bonds. The number of hydrogen-bond acceptors (Lipinski definition) is 4. The molecule has 0 spiro atoms. The number of carbonyl (C=O) groups is 1. The van der Waals surface area contributed by atoms with Gasteiger partial charge in [-0.1, -0.05) is 18.2 Å². The van der Waals surface area contributed by atoms with Crippen molar-refractivity contribution in [3.63, 3.8) is 0 Å². The Balaban J connectivity index is 2.07. The van der Waals surface area contributed by atoms with Gasteiger partial charge in [-0.2, -0.15) is 5.10 Å². The smallest absolute Gasteiger partial charge is 0.357 e. The second kappa shape index (κ2) is 4.41. The second-order valence-electron chi connectivity index (χ2n) is 3.83. The minimum absolute atomic E-state index is 0.0264. The summed E-state index contributed by atoms with van der Waals surface area (Å²) in [6, 6.07) is 10.4. The number of H-pyrrole nitrogens is 1. The number of carboxylic acid groups (broad SMARTS) is 1. The molecule has 1 aromatic carbocycles. The number of ether oxygens (including phenoxy) is 1. The van der Waals surface area contributed by atoms with Crippen LogP contribution in [-0.4, -0.2) is 26.3 Å². The molecule has 0 atom stereocenters. The predicted octanol–water partition coefficient (Wildman–Crippen LogP) is 2.45. The summed E-state index contributed by atoms with van der Waals surface area (Å²) in [5.41, 5.74) is 0.507. The lowest BCUT2D eigenvalue weighted by molar-refractivity contribution is 0.0692. The van der Waals surface area contributed by atoms with Crippen molar-refractivity contribution < 1.29 is 14.6 Å². The quantitative estimate of drug-likeness (QED) is 0.750. The van der Waals surface area contributed by atoms with Crippen molar-refractivity contribution in [1.82, 2.24) is 15.2 Å². The van der Waals surface area contributed by atoms with Crippen LogP contribution in [0.3, 0.4) is 0 Å². The molecule has 2 aromatic heterocycles. The third-order valence-electron chi connectivity index (χ3n) is 2.62. The van der Waals surface area contributed by atoms with Gasteiger partial charge in [-0.05, 0) is 12.1 Å². The van der Waals surface area contributed by atoms with Crippen LogP contribution in [0.25, 0.3) is 10.9 Å². The van der Waals surface area contributed by atoms with Gasteiger partial charge in [0.05, 0.1) is 0 Å². The zero-order chi connectivity index (χ0) is 13.2. The third kappa shape index (κ3) is 1.99. The van der Waals surface area contributed by atoms with Gasteiger partial charge in [-0.3, -0.25) is 5.10 Å². The number of rotatable bonds is 3. The highest BCUT2D eigenvalue weighted by atomic mass is 16.5. The van der Waals surface area contributed by atoms with Gasteiger partial charge >= 0.3 is 5.97 Å². The lowest BCUT2D eigenvalue weighted by Crippen LogP contribution is -1.96. The molecule has 0 saturated heterocycles. The molecule has 0 aliphatic heterocycles. The zero-order valence-corrected chi connectivity index (χ0v) is 9.70. The third-order valence-corrected chi connectivity index (χ3v) is 2.62. The molecule has 0 radical (unpaired) electrons. The van der Waals surface area contributed by atoms with Crippen molar-refractivity contribution in [2.45, 2.75) is 0 Å². The predicted molar refractivity (Wildman–Crippen MR) is 67.4 cm³/mol. The van der Waals surface area contributed by atoms with Crippen LogP contribution in [0.4, 0.5) is 0 Å². The number of carboxylic acids is 1. The van der Waals surface area contributed by atoms with Gasteiger partial charge in [0, 0.05) is 17.6 Å². The van der Waals surface area contributed by atoms with Gasteiger partial charge < -0.3 is 9.84 Å². The Bertz CT molecular complexity index is 737. The van der Waals surface area contributed by atoms with Crippen molar-refractivity contribution >= 4 is 16.9 Å². The van der Waals surface area contributed by atoms with Crippen LogP contribution in [0.15, 0.2) is 42.6 Å². The fraction of sp³-hybridized carbons (Fsp3) is 0. The second-order valence-corrected chi connectivity index (χ2v) is 3.83. The van der Waals surface area contributed by atoms with Crippen molar-refractivity contribution in [3.8, 4) is 11.6 Å². The number of fused-ring (bicyclic) bond motifs is 1. The first-order valence-corrected chi connectivity index (χ1v) is 5.55. The van der Waals surface area contributed by atoms with Crippen LogP contribution in [-0.2, 0) is 0 Å². The summed E-state index contributed by atoms with van der Waals surface area (Å²) in [5, 5.41) is 16.0. The van der Waals surface area contributed by atoms with E-state index in [0.29, 0.717) is 22.5 Å². The molecule has 0 unspecified atom stereocenters. The highest BCUT2D eigenvalue weighted by Gasteiger charge is 2.15. The first-order valence-electron chi connectivity index (χ1n) is 5.55. The Kier molecular flexibility index (Phi) is 2.60. The van der Waals surface area contributed by atoms with Crippen LogP contribution < -0.4 is 4.74 Å². The van der Waals surface area contributed by atoms with Gasteiger partial charge in [0.15, 0.2) is 11.4 Å². The molecule has 6 heteroatoms. The highest BCUT2D eigenvalue weighted by molar-refractivity contribution is 6.02. The van der Waals surface area contributed by atoms with Gasteiger partial charge in [0.2, 0.25) is 5.88 Å². The Morgan fingerprint density at radius 2 is 2.11 bits per heavy atom. The largest absolute Gasteiger partial charge is 0.476 e. The van der Waals surface area contributed by atoms with Crippen LogP contribution in [0.5, 0.6) is 11.6 Å². The van der Waals surface area contributed by atoms with Crippen LogP contribution >= 0.6 is 0 Å². The van der Waals surface area contributed by atoms with Crippen molar-refractivity contribution in [2.24, 2.45) is 0 Å². The Hall–Kier alpha value is -2.89. The molecule has 0 saturated carbocycles. The molecule has 0 bridgehead atoms. The standard InChI is InChI=1S/C13H9N3O3/c17-13(18)12-8-4-3-5-9(11(8)15-16-12)19-10-6-1-2-7-14-10/h1-7H,(H,15,16)(H,17,18). The monoisotopic (exact) mass is 255 g/mol. The zero-order valence-electron chi connectivity index (χ0n) is 9.70. The molecule has 3 aromatic rings. The SMILES string of the molecule is O=C(O)c1n[nH]c2c(Oc3ccccn3)cccc12. The summed E-state index contributed by atoms with van der Waals surface area (Å²) in [4.78, 5) is 15.1. The number of aromatic carboxylic acids is 1. The number of nitrogens with zero attached hydrogens (tertiary/aromatic N) is 2. The van der Waals surface area contributed by atoms with E-state index in [0.717, 1.165) is 0 Å². The molecule has 0 aliphatic rings. The average Bonchev–Trinajstić information content (AvgIpc) is 2.85. The van der Waals surface area contributed by atoms with E-state index >= 15 is 0 Å². The summed E-state index contributed by atoms with van der Waals surface area (Å²) in [5.74, 6) is -0.168. The average molecular weight is 255 g/mol. The number of aromatic amines is 1. The van der Waals surface area contributed by atoms with E-state index in [9.17, 15) is 4.79 Å². The summed E-state index contributed by atoms with van der Waals surface area (Å²) in [6.45, 7) is 0. The van der Waals surface area contributed by atoms with Crippen molar-refractivity contribution in [1.29, 1.82) is 0 Å². The number of para-hydroxylation sites is 1. The number of nitrogens with one attached hydrogen (secondary N) is 1. The molecule has 2 N–H and O–H groups in total. The number of benzene rings is 1. The molecule has 0 aliphatic carbocycles. The summed E-state index contributed by atoms with van der Waals surface area (Å²) in [6.07, 6.45) is 1.62. The van der Waals surface area contributed by atoms with Gasteiger partial charge in [-0.15, -0.1) is 0 Å². The van der Waals surface area contributed by atoms with E-state index in [1.165, 1.54) is 0 Å². The molecule has 3 rings (SSSR count). The Labute approximate surface area is 107 Å². The van der Waals surface area contributed by atoms with Crippen LogP contribution in [0.1, 0.15) is 10.5 Å². The molecule has 19 heavy (non-hydrogen) atoms. The van der Waals surface area contributed by atoms with E-state index in [4.69, 9.17) is 9.84 Å². The number of pyridine rings is 1. The highest BCUT2D eigenvalue weighted by Crippen LogP contribution is 2.28. The molecular weight excluding hydrogens is 246 g/mol. The molecular formula is C13H9N3O3. The van der Waals surface area contributed by atoms with Crippen LogP contribution in [0, 0.1) is 0 Å². The first-order chi connectivity index (χ1) is 9.25. The van der Waals surface area contributed by atoms with E-state index in [1.807, 2.05) is 0 Å². The maximum atomic E-state index is 11.0. The lowest BCUT2D eigenvalue weighted by atomic mass is 10.2. The number of hydrogen-bond donors (Lipinski definition) is 2. The van der Waals surface area contributed by atoms with Crippen molar-refractivity contribution in [2.75, 3.05) is 0 Å². The topological polar surface area (TPSA) is 88.1 Å². The normalized spacial score (nSPS) is 10.5. The fourth-order valence-electron chi connectivity index (χ4n) is 1.78. The molecule has 6 nitrogen and oxygen atoms in total. The van der Waals surface area contributed by atoms with E-state index in [2.05, 4.69) is 15.2 Å². The van der Waals surface area contributed by atoms with Gasteiger partial charge in [0.25, 0.3) is 0 Å². The van der Waals surface area contributed by atoms with Gasteiger partial charge in [0.1, 0.15) is 5.52 Å². The molecule has 2 heterocycles. The Morgan fingerprint density at radius 3 is 2.84 bits per heavy atom. The van der Waals surface area contributed by atoms with Crippen molar-refractivity contribution in [3.05, 3.63) is 48.3 Å². The fourth-order valence-corrected chi connectivity index (χ4v) is 1.78. The van der Waals surface area contributed by atoms with E-state index in [1.54, 1.807) is 42.6 Å². The maximum absolute atomic E-state index is 11.0. The summed E-state index contributed by atoms with van der Waals surface area (Å²) < 4.78 is 5.61. The number of aromatic nitrogens is 3. The van der Waals surface area contributed by atoms with E-state index < -0.39 is 5.97 Å². The summed E-state index contributed by atoms with van der Waals surface area (Å²) in [7, 11) is 0. The van der Waals surface area contributed by atoms with E-state index in [-0.39, 0.29) is 5.69 Å². The lowest BCUT2D eigenvalue weighted by Gasteiger charge is -2.04. The first kappa shape index (κ1) is 11.2. The molecule has 94 valence electrons. The minimum atomic E-state index is -1.08.